The van der Waals surface area contributed by atoms with Gasteiger partial charge in [-0.05, 0) is 6.42 Å². The standard InChI is InChI=1S/C15H9F19O3/c1-3(10(22,23)24)2-4(16)8(18,19)11(25,26)13(29,30)15(33,34)14(31,32)12(27,28)9(20,21)6(17)5(35)7(36)37/h3-4,6H,2H2,1H3,(H,36,37). The summed E-state index contributed by atoms with van der Waals surface area (Å²) < 4.78 is 253. The quantitative estimate of drug-likeness (QED) is 0.211. The molecule has 0 radical (unpaired) electrons. The zero-order valence-electron chi connectivity index (χ0n) is 16.9. The number of aliphatic carboxylic acids is 1. The Balaban J connectivity index is 6.74. The van der Waals surface area contributed by atoms with E-state index in [1.54, 1.807) is 0 Å². The first-order valence-electron chi connectivity index (χ1n) is 8.58. The number of hydrogen-bond acceptors (Lipinski definition) is 2. The molecule has 0 saturated carbocycles. The van der Waals surface area contributed by atoms with Crippen molar-refractivity contribution in [1.29, 1.82) is 0 Å². The Bertz CT molecular complexity index is 861. The minimum Gasteiger partial charge on any atom is -0.475 e. The van der Waals surface area contributed by atoms with E-state index < -0.39 is 84.1 Å². The molecule has 0 spiro atoms. The normalized spacial score (nSPS) is 17.8. The van der Waals surface area contributed by atoms with Crippen LogP contribution in [0.2, 0.25) is 0 Å². The van der Waals surface area contributed by atoms with Crippen LogP contribution < -0.4 is 0 Å². The second-order valence-electron chi connectivity index (χ2n) is 7.30. The van der Waals surface area contributed by atoms with E-state index in [-0.39, 0.29) is 6.92 Å². The van der Waals surface area contributed by atoms with E-state index >= 15 is 0 Å². The van der Waals surface area contributed by atoms with Gasteiger partial charge >= 0.3 is 53.6 Å². The molecular weight excluding hydrogens is 589 g/mol. The predicted molar refractivity (Wildman–Crippen MR) is 76.9 cm³/mol. The van der Waals surface area contributed by atoms with Gasteiger partial charge in [0.2, 0.25) is 6.17 Å². The Morgan fingerprint density at radius 2 is 0.892 bits per heavy atom. The maximum atomic E-state index is 13.6. The van der Waals surface area contributed by atoms with Gasteiger partial charge in [0.05, 0.1) is 5.92 Å². The molecule has 37 heavy (non-hydrogen) atoms. The van der Waals surface area contributed by atoms with E-state index in [2.05, 4.69) is 0 Å². The Labute approximate surface area is 190 Å². The fourth-order valence-electron chi connectivity index (χ4n) is 2.23. The first kappa shape index (κ1) is 34.8. The Kier molecular flexibility index (Phi) is 8.96. The number of ketones is 1. The molecule has 220 valence electrons. The van der Waals surface area contributed by atoms with E-state index in [0.29, 0.717) is 0 Å². The van der Waals surface area contributed by atoms with Gasteiger partial charge < -0.3 is 5.11 Å². The topological polar surface area (TPSA) is 54.4 Å². The summed E-state index contributed by atoms with van der Waals surface area (Å²) >= 11 is 0. The summed E-state index contributed by atoms with van der Waals surface area (Å²) in [5.74, 6) is -69.0. The highest BCUT2D eigenvalue weighted by atomic mass is 19.4. The van der Waals surface area contributed by atoms with Crippen LogP contribution in [-0.4, -0.2) is 76.8 Å². The third kappa shape index (κ3) is 5.11. The van der Waals surface area contributed by atoms with E-state index in [1.807, 2.05) is 0 Å². The molecule has 0 saturated heterocycles. The highest BCUT2D eigenvalue weighted by molar-refractivity contribution is 6.34. The second-order valence-corrected chi connectivity index (χ2v) is 7.30. The van der Waals surface area contributed by atoms with Crippen molar-refractivity contribution in [3.05, 3.63) is 0 Å². The van der Waals surface area contributed by atoms with Crippen molar-refractivity contribution in [3.63, 3.8) is 0 Å². The number of carboxylic acid groups (broad SMARTS) is 1. The maximum absolute atomic E-state index is 13.6. The molecule has 22 heteroatoms. The average molecular weight is 598 g/mol. The van der Waals surface area contributed by atoms with Crippen LogP contribution in [0.3, 0.4) is 0 Å². The number of rotatable bonds is 12. The van der Waals surface area contributed by atoms with Crippen molar-refractivity contribution in [2.24, 2.45) is 5.92 Å². The molecule has 3 unspecified atom stereocenters. The summed E-state index contributed by atoms with van der Waals surface area (Å²) in [5.41, 5.74) is 0. The van der Waals surface area contributed by atoms with Crippen LogP contribution in [0.15, 0.2) is 0 Å². The van der Waals surface area contributed by atoms with E-state index in [1.165, 1.54) is 0 Å². The largest absolute Gasteiger partial charge is 0.475 e. The van der Waals surface area contributed by atoms with Gasteiger partial charge in [0.1, 0.15) is 0 Å². The number of Topliss-reactive ketones (excluding diaryl/α,β-unsaturated/α-hetero) is 1. The molecule has 0 aliphatic carbocycles. The molecule has 0 aromatic heterocycles. The van der Waals surface area contributed by atoms with Gasteiger partial charge in [0.25, 0.3) is 5.78 Å². The smallest absolute Gasteiger partial charge is 0.391 e. The summed E-state index contributed by atoms with van der Waals surface area (Å²) in [6.07, 6.45) is -19.6. The van der Waals surface area contributed by atoms with Gasteiger partial charge in [-0.3, -0.25) is 4.79 Å². The van der Waals surface area contributed by atoms with Gasteiger partial charge in [0.15, 0.2) is 6.17 Å². The zero-order chi connectivity index (χ0) is 30.6. The van der Waals surface area contributed by atoms with E-state index in [9.17, 15) is 93.0 Å². The first-order chi connectivity index (χ1) is 15.8. The van der Waals surface area contributed by atoms with Crippen molar-refractivity contribution < 1.29 is 98.1 Å². The molecule has 0 rings (SSSR count). The van der Waals surface area contributed by atoms with Crippen LogP contribution in [0.25, 0.3) is 0 Å². The summed E-state index contributed by atoms with van der Waals surface area (Å²) in [5, 5.41) is 7.92. The van der Waals surface area contributed by atoms with Crippen LogP contribution in [-0.2, 0) is 9.59 Å². The number of hydrogen-bond donors (Lipinski definition) is 1. The van der Waals surface area contributed by atoms with Crippen molar-refractivity contribution >= 4 is 11.8 Å². The maximum Gasteiger partial charge on any atom is 0.391 e. The molecule has 0 fully saturated rings. The van der Waals surface area contributed by atoms with Crippen molar-refractivity contribution in [3.8, 4) is 0 Å². The molecule has 3 nitrogen and oxygen atoms in total. The van der Waals surface area contributed by atoms with Crippen LogP contribution in [0.1, 0.15) is 13.3 Å². The van der Waals surface area contributed by atoms with Gasteiger partial charge in [-0.2, -0.15) is 74.6 Å². The van der Waals surface area contributed by atoms with E-state index in [0.717, 1.165) is 0 Å². The first-order valence-corrected chi connectivity index (χ1v) is 8.58. The van der Waals surface area contributed by atoms with E-state index in [4.69, 9.17) is 5.11 Å². The summed E-state index contributed by atoms with van der Waals surface area (Å²) in [4.78, 5) is 20.6. The lowest BCUT2D eigenvalue weighted by molar-refractivity contribution is -0.446. The van der Waals surface area contributed by atoms with Crippen LogP contribution in [0.5, 0.6) is 0 Å². The fourth-order valence-corrected chi connectivity index (χ4v) is 2.23. The molecule has 0 aliphatic rings. The summed E-state index contributed by atoms with van der Waals surface area (Å²) in [7, 11) is 0. The predicted octanol–water partition coefficient (Wildman–Crippen LogP) is 6.35. The van der Waals surface area contributed by atoms with Gasteiger partial charge in [-0.25, -0.2) is 13.6 Å². The SMILES string of the molecule is CC(CC(F)C(F)(F)C(F)(F)C(F)(F)C(F)(F)C(F)(F)C(F)(F)C(F)(F)C(F)C(=O)C(=O)O)C(F)(F)F. The zero-order valence-corrected chi connectivity index (χ0v) is 16.9. The van der Waals surface area contributed by atoms with Crippen LogP contribution in [0, 0.1) is 5.92 Å². The molecule has 0 aromatic carbocycles. The molecule has 1 N–H and O–H groups in total. The summed E-state index contributed by atoms with van der Waals surface area (Å²) in [6.45, 7) is -0.226. The summed E-state index contributed by atoms with van der Waals surface area (Å²) in [6, 6.07) is 0. The number of carboxylic acids is 1. The highest BCUT2D eigenvalue weighted by Gasteiger charge is 2.94. The second kappa shape index (κ2) is 9.53. The average Bonchev–Trinajstić information content (AvgIpc) is 2.70. The number of alkyl halides is 19. The molecule has 0 bridgehead atoms. The van der Waals surface area contributed by atoms with Crippen LogP contribution >= 0.6 is 0 Å². The lowest BCUT2D eigenvalue weighted by Gasteiger charge is -2.43. The van der Waals surface area contributed by atoms with Crippen LogP contribution in [0.4, 0.5) is 83.4 Å². The Morgan fingerprint density at radius 3 is 1.19 bits per heavy atom. The van der Waals surface area contributed by atoms with Gasteiger partial charge in [-0.1, -0.05) is 6.92 Å². The molecule has 0 amide bonds. The molecular formula is C15H9F19O3. The number of carbonyl (C=O) groups is 2. The lowest BCUT2D eigenvalue weighted by Crippen LogP contribution is -2.75. The van der Waals surface area contributed by atoms with Crippen molar-refractivity contribution in [1.82, 2.24) is 0 Å². The minimum atomic E-state index is -8.85. The fraction of sp³-hybridized carbons (Fsp3) is 0.867. The minimum absolute atomic E-state index is 0.226. The molecule has 0 aromatic rings. The Morgan fingerprint density at radius 1 is 0.595 bits per heavy atom. The molecule has 3 atom stereocenters. The third-order valence-electron chi connectivity index (χ3n) is 4.69. The third-order valence-corrected chi connectivity index (χ3v) is 4.69. The number of halogens is 19. The van der Waals surface area contributed by atoms with Gasteiger partial charge in [-0.15, -0.1) is 0 Å². The number of carbonyl (C=O) groups excluding carboxylic acids is 1. The monoisotopic (exact) mass is 598 g/mol. The van der Waals surface area contributed by atoms with Crippen molar-refractivity contribution in [2.75, 3.05) is 0 Å². The Hall–Kier alpha value is -2.19. The van der Waals surface area contributed by atoms with Crippen molar-refractivity contribution in [2.45, 2.75) is 73.3 Å². The highest BCUT2D eigenvalue weighted by Crippen LogP contribution is 2.63. The molecule has 0 heterocycles. The lowest BCUT2D eigenvalue weighted by atomic mass is 9.85. The van der Waals surface area contributed by atoms with Gasteiger partial charge in [0, 0.05) is 0 Å². The molecule has 0 aliphatic heterocycles.